The van der Waals surface area contributed by atoms with Gasteiger partial charge in [-0.1, -0.05) is 23.2 Å². The molecule has 1 aromatic carbocycles. The van der Waals surface area contributed by atoms with Gasteiger partial charge in [-0.3, -0.25) is 14.9 Å². The van der Waals surface area contributed by atoms with Gasteiger partial charge in [0.1, 0.15) is 5.02 Å². The minimum absolute atomic E-state index is 0.0500. The molecule has 1 aromatic rings. The van der Waals surface area contributed by atoms with Crippen LogP contribution < -0.4 is 4.74 Å². The van der Waals surface area contributed by atoms with E-state index in [0.29, 0.717) is 0 Å². The van der Waals surface area contributed by atoms with E-state index < -0.39 is 10.6 Å². The summed E-state index contributed by atoms with van der Waals surface area (Å²) < 4.78 is 5.15. The molecular formula is C9H5Cl2NO4. The third kappa shape index (κ3) is 1.62. The van der Waals surface area contributed by atoms with E-state index in [4.69, 9.17) is 27.9 Å². The van der Waals surface area contributed by atoms with Crippen molar-refractivity contribution >= 4 is 34.7 Å². The van der Waals surface area contributed by atoms with Crippen molar-refractivity contribution in [3.8, 4) is 5.75 Å². The number of carbonyl (C=O) groups is 1. The molecule has 0 fully saturated rings. The fourth-order valence-electron chi connectivity index (χ4n) is 1.49. The van der Waals surface area contributed by atoms with Crippen LogP contribution in [-0.4, -0.2) is 17.3 Å². The van der Waals surface area contributed by atoms with Crippen molar-refractivity contribution in [1.82, 2.24) is 0 Å². The number of rotatable bonds is 1. The molecule has 0 saturated heterocycles. The van der Waals surface area contributed by atoms with Crippen LogP contribution in [0.15, 0.2) is 6.07 Å². The molecule has 0 aromatic heterocycles. The first-order valence-corrected chi connectivity index (χ1v) is 5.10. The van der Waals surface area contributed by atoms with Crippen LogP contribution in [0.4, 0.5) is 5.69 Å². The van der Waals surface area contributed by atoms with Crippen LogP contribution in [0.3, 0.4) is 0 Å². The lowest BCUT2D eigenvalue weighted by Gasteiger charge is -2.17. The molecule has 0 atom stereocenters. The summed E-state index contributed by atoms with van der Waals surface area (Å²) in [5.74, 6) is -0.131. The second kappa shape index (κ2) is 3.92. The Balaban J connectivity index is 2.72. The van der Waals surface area contributed by atoms with Gasteiger partial charge in [0, 0.05) is 6.42 Å². The van der Waals surface area contributed by atoms with E-state index >= 15 is 0 Å². The van der Waals surface area contributed by atoms with E-state index in [2.05, 4.69) is 0 Å². The predicted molar refractivity (Wildman–Crippen MR) is 57.6 cm³/mol. The van der Waals surface area contributed by atoms with E-state index in [0.717, 1.165) is 0 Å². The van der Waals surface area contributed by atoms with Gasteiger partial charge in [0.15, 0.2) is 16.6 Å². The Morgan fingerprint density at radius 2 is 2.12 bits per heavy atom. The summed E-state index contributed by atoms with van der Waals surface area (Å²) >= 11 is 11.5. The van der Waals surface area contributed by atoms with Crippen LogP contribution in [0.5, 0.6) is 5.75 Å². The Labute approximate surface area is 100 Å². The third-order valence-electron chi connectivity index (χ3n) is 2.21. The molecular weight excluding hydrogens is 257 g/mol. The number of ketones is 1. The molecule has 0 amide bonds. The molecule has 0 bridgehead atoms. The van der Waals surface area contributed by atoms with Crippen molar-refractivity contribution in [3.63, 3.8) is 0 Å². The molecule has 0 N–H and O–H groups in total. The number of benzene rings is 1. The Morgan fingerprint density at radius 1 is 1.44 bits per heavy atom. The summed E-state index contributed by atoms with van der Waals surface area (Å²) in [4.78, 5) is 21.5. The van der Waals surface area contributed by atoms with Crippen molar-refractivity contribution in [2.75, 3.05) is 6.61 Å². The molecule has 7 heteroatoms. The van der Waals surface area contributed by atoms with Gasteiger partial charge in [0.05, 0.1) is 17.1 Å². The number of halogens is 2. The van der Waals surface area contributed by atoms with Crippen LogP contribution in [0.1, 0.15) is 16.8 Å². The van der Waals surface area contributed by atoms with E-state index in [1.807, 2.05) is 0 Å². The highest BCUT2D eigenvalue weighted by Crippen LogP contribution is 2.43. The van der Waals surface area contributed by atoms with Crippen molar-refractivity contribution in [1.29, 1.82) is 0 Å². The van der Waals surface area contributed by atoms with Crippen LogP contribution >= 0.6 is 23.2 Å². The minimum atomic E-state index is -0.701. The summed E-state index contributed by atoms with van der Waals surface area (Å²) in [6, 6.07) is 1.22. The van der Waals surface area contributed by atoms with Crippen molar-refractivity contribution in [2.24, 2.45) is 0 Å². The second-order valence-electron chi connectivity index (χ2n) is 3.18. The van der Waals surface area contributed by atoms with Crippen LogP contribution in [0.25, 0.3) is 0 Å². The van der Waals surface area contributed by atoms with Crippen molar-refractivity contribution in [2.45, 2.75) is 6.42 Å². The number of nitro groups is 1. The molecule has 5 nitrogen and oxygen atoms in total. The average molecular weight is 262 g/mol. The normalized spacial score (nSPS) is 14.2. The van der Waals surface area contributed by atoms with E-state index in [1.54, 1.807) is 0 Å². The van der Waals surface area contributed by atoms with Gasteiger partial charge in [0.25, 0.3) is 0 Å². The first-order valence-electron chi connectivity index (χ1n) is 4.34. The first kappa shape index (κ1) is 11.2. The number of nitro benzene ring substituents is 1. The minimum Gasteiger partial charge on any atom is -0.491 e. The average Bonchev–Trinajstić information content (AvgIpc) is 2.19. The molecule has 84 valence electrons. The smallest absolute Gasteiger partial charge is 0.310 e. The molecule has 1 aliphatic heterocycles. The number of Topliss-reactive ketones (excluding diaryl/α,β-unsaturated/α-hetero) is 1. The zero-order valence-electron chi connectivity index (χ0n) is 7.83. The topological polar surface area (TPSA) is 69.4 Å². The molecule has 0 spiro atoms. The Bertz CT molecular complexity index is 501. The van der Waals surface area contributed by atoms with Crippen molar-refractivity contribution in [3.05, 3.63) is 31.8 Å². The SMILES string of the molecule is O=C1CCOc2c1cc(Cl)c([N+](=O)[O-])c2Cl. The van der Waals surface area contributed by atoms with E-state index in [1.165, 1.54) is 6.07 Å². The summed E-state index contributed by atoms with van der Waals surface area (Å²) in [7, 11) is 0. The Hall–Kier alpha value is -1.33. The highest BCUT2D eigenvalue weighted by atomic mass is 35.5. The molecule has 1 heterocycles. The summed E-state index contributed by atoms with van der Waals surface area (Å²) in [6.07, 6.45) is 0.220. The number of fused-ring (bicyclic) bond motifs is 1. The maximum atomic E-state index is 11.5. The standard InChI is InChI=1S/C9H5Cl2NO4/c10-5-3-4-6(13)1-2-16-9(4)7(11)8(5)12(14)15/h3H,1-2H2. The van der Waals surface area contributed by atoms with Gasteiger partial charge in [-0.05, 0) is 6.07 Å². The third-order valence-corrected chi connectivity index (χ3v) is 2.85. The summed E-state index contributed by atoms with van der Waals surface area (Å²) in [5.41, 5.74) is -0.233. The summed E-state index contributed by atoms with van der Waals surface area (Å²) in [5, 5.41) is 10.3. The van der Waals surface area contributed by atoms with Crippen molar-refractivity contribution < 1.29 is 14.5 Å². The number of hydrogen-bond acceptors (Lipinski definition) is 4. The Morgan fingerprint density at radius 3 is 2.75 bits per heavy atom. The van der Waals surface area contributed by atoms with E-state index in [-0.39, 0.29) is 40.2 Å². The fourth-order valence-corrected chi connectivity index (χ4v) is 2.14. The molecule has 1 aliphatic rings. The number of carbonyl (C=O) groups excluding carboxylic acids is 1. The molecule has 0 saturated carbocycles. The Kier molecular flexibility index (Phi) is 2.73. The maximum absolute atomic E-state index is 11.5. The van der Waals surface area contributed by atoms with Gasteiger partial charge in [0.2, 0.25) is 0 Å². The zero-order valence-corrected chi connectivity index (χ0v) is 9.34. The zero-order chi connectivity index (χ0) is 11.9. The number of hydrogen-bond donors (Lipinski definition) is 0. The molecule has 0 radical (unpaired) electrons. The lowest BCUT2D eigenvalue weighted by Crippen LogP contribution is -2.16. The monoisotopic (exact) mass is 261 g/mol. The number of ether oxygens (including phenoxy) is 1. The van der Waals surface area contributed by atoms with Gasteiger partial charge < -0.3 is 4.74 Å². The van der Waals surface area contributed by atoms with Gasteiger partial charge in [-0.25, -0.2) is 0 Å². The van der Waals surface area contributed by atoms with Gasteiger partial charge in [-0.2, -0.15) is 0 Å². The second-order valence-corrected chi connectivity index (χ2v) is 3.96. The largest absolute Gasteiger partial charge is 0.491 e. The first-order chi connectivity index (χ1) is 7.52. The fraction of sp³-hybridized carbons (Fsp3) is 0.222. The highest BCUT2D eigenvalue weighted by Gasteiger charge is 2.30. The molecule has 16 heavy (non-hydrogen) atoms. The lowest BCUT2D eigenvalue weighted by molar-refractivity contribution is -0.384. The molecule has 0 unspecified atom stereocenters. The van der Waals surface area contributed by atoms with Gasteiger partial charge in [-0.15, -0.1) is 0 Å². The van der Waals surface area contributed by atoms with Crippen LogP contribution in [-0.2, 0) is 0 Å². The summed E-state index contributed by atoms with van der Waals surface area (Å²) in [6.45, 7) is 0.171. The predicted octanol–water partition coefficient (Wildman–Crippen LogP) is 2.87. The van der Waals surface area contributed by atoms with Gasteiger partial charge >= 0.3 is 5.69 Å². The molecule has 2 rings (SSSR count). The number of nitrogens with zero attached hydrogens (tertiary/aromatic N) is 1. The van der Waals surface area contributed by atoms with E-state index in [9.17, 15) is 14.9 Å². The maximum Gasteiger partial charge on any atom is 0.310 e. The molecule has 0 aliphatic carbocycles. The van der Waals surface area contributed by atoms with Crippen LogP contribution in [0.2, 0.25) is 10.0 Å². The lowest BCUT2D eigenvalue weighted by atomic mass is 10.0. The van der Waals surface area contributed by atoms with Crippen LogP contribution in [0, 0.1) is 10.1 Å². The quantitative estimate of drug-likeness (QED) is 0.576. The highest BCUT2D eigenvalue weighted by molar-refractivity contribution is 6.40.